The van der Waals surface area contributed by atoms with Crippen LogP contribution in [0.3, 0.4) is 0 Å². The minimum Gasteiger partial charge on any atom is -0.504 e. The van der Waals surface area contributed by atoms with Crippen molar-refractivity contribution in [2.24, 2.45) is 0 Å². The van der Waals surface area contributed by atoms with Gasteiger partial charge in [0.15, 0.2) is 28.6 Å². The Morgan fingerprint density at radius 3 is 1.73 bits per heavy atom. The summed E-state index contributed by atoms with van der Waals surface area (Å²) in [5, 5.41) is 58.6. The van der Waals surface area contributed by atoms with Gasteiger partial charge < -0.3 is 49.6 Å². The van der Waals surface area contributed by atoms with Crippen LogP contribution in [0.25, 0.3) is 12.2 Å². The third-order valence-corrected chi connectivity index (χ3v) is 6.61. The highest BCUT2D eigenvalue weighted by molar-refractivity contribution is 5.88. The summed E-state index contributed by atoms with van der Waals surface area (Å²) in [7, 11) is 0. The molecule has 1 aliphatic carbocycles. The van der Waals surface area contributed by atoms with Gasteiger partial charge in [-0.1, -0.05) is 12.1 Å². The van der Waals surface area contributed by atoms with Crippen LogP contribution in [-0.2, 0) is 33.3 Å². The molecule has 3 rings (SSSR count). The summed E-state index contributed by atoms with van der Waals surface area (Å²) < 4.78 is 21.6. The topological polar surface area (TPSA) is 210 Å². The molecule has 0 heterocycles. The van der Waals surface area contributed by atoms with Crippen molar-refractivity contribution in [3.05, 3.63) is 59.7 Å². The summed E-state index contributed by atoms with van der Waals surface area (Å²) in [6.07, 6.45) is 0.510. The Hall–Kier alpha value is -4.59. The normalized spacial score (nSPS) is 21.5. The maximum absolute atomic E-state index is 13.1. The van der Waals surface area contributed by atoms with E-state index in [1.165, 1.54) is 55.5 Å². The van der Waals surface area contributed by atoms with Crippen molar-refractivity contribution in [2.75, 3.05) is 13.2 Å². The zero-order valence-corrected chi connectivity index (χ0v) is 24.2. The zero-order chi connectivity index (χ0) is 32.4. The number of phenols is 4. The van der Waals surface area contributed by atoms with Crippen molar-refractivity contribution in [1.82, 2.24) is 0 Å². The van der Waals surface area contributed by atoms with Gasteiger partial charge in [-0.3, -0.25) is 0 Å². The molecule has 2 unspecified atom stereocenters. The van der Waals surface area contributed by atoms with Crippen molar-refractivity contribution in [3.8, 4) is 23.0 Å². The van der Waals surface area contributed by atoms with E-state index in [-0.39, 0.29) is 55.5 Å². The largest absolute Gasteiger partial charge is 0.504 e. The predicted octanol–water partition coefficient (Wildman–Crippen LogP) is 2.30. The lowest BCUT2D eigenvalue weighted by atomic mass is 9.81. The zero-order valence-electron chi connectivity index (χ0n) is 24.2. The van der Waals surface area contributed by atoms with Crippen molar-refractivity contribution in [3.63, 3.8) is 0 Å². The van der Waals surface area contributed by atoms with E-state index in [4.69, 9.17) is 24.1 Å². The molecule has 0 bridgehead atoms. The lowest BCUT2D eigenvalue weighted by molar-refractivity contribution is -0.193. The second-order valence-corrected chi connectivity index (χ2v) is 10.5. The van der Waals surface area contributed by atoms with E-state index in [1.54, 1.807) is 6.92 Å². The molecule has 1 aliphatic rings. The molecule has 13 nitrogen and oxygen atoms in total. The molecule has 0 radical (unpaired) electrons. The summed E-state index contributed by atoms with van der Waals surface area (Å²) >= 11 is 0. The highest BCUT2D eigenvalue weighted by Gasteiger charge is 2.49. The van der Waals surface area contributed by atoms with Crippen LogP contribution in [0.1, 0.15) is 44.2 Å². The fraction of sp³-hybridized carbons (Fsp3) is 0.387. The van der Waals surface area contributed by atoms with Crippen LogP contribution in [0.2, 0.25) is 0 Å². The highest BCUT2D eigenvalue weighted by Crippen LogP contribution is 2.34. The number of carbonyl (C=O) groups is 3. The van der Waals surface area contributed by atoms with Crippen LogP contribution in [0, 0.1) is 0 Å². The van der Waals surface area contributed by atoms with Crippen LogP contribution in [0.15, 0.2) is 48.6 Å². The summed E-state index contributed by atoms with van der Waals surface area (Å²) in [6.45, 7) is 2.85. The van der Waals surface area contributed by atoms with Gasteiger partial charge in [-0.05, 0) is 61.4 Å². The van der Waals surface area contributed by atoms with Gasteiger partial charge in [0, 0.05) is 31.4 Å². The van der Waals surface area contributed by atoms with Crippen LogP contribution in [-0.4, -0.2) is 91.8 Å². The molecule has 44 heavy (non-hydrogen) atoms. The van der Waals surface area contributed by atoms with Crippen LogP contribution in [0.5, 0.6) is 23.0 Å². The molecule has 13 heteroatoms. The molecule has 0 aromatic heterocycles. The standard InChI is InChI=1S/C31H36O13/c1-18(16-32)41-17-19(2)42-30(39)31(40)14-22(43-28(37)9-5-20-3-7-24(33)26(35)11-20)13-23(15-31)44-29(38)10-6-21-4-8-25(34)27(36)12-21/h3-12,18-19,22-23,32-36,40H,13-17H2,1-2H3/b9-5+,10-6+/t18?,19?,22-,23-/m0/s1. The number of ether oxygens (including phenoxy) is 4. The van der Waals surface area contributed by atoms with Gasteiger partial charge in [-0.25, -0.2) is 14.4 Å². The van der Waals surface area contributed by atoms with E-state index in [0.29, 0.717) is 11.1 Å². The lowest BCUT2D eigenvalue weighted by Gasteiger charge is -2.38. The van der Waals surface area contributed by atoms with E-state index in [1.807, 2.05) is 0 Å². The molecule has 0 amide bonds. The molecular formula is C31H36O13. The Bertz CT molecular complexity index is 1300. The molecule has 2 aromatic rings. The van der Waals surface area contributed by atoms with Gasteiger partial charge in [-0.15, -0.1) is 0 Å². The van der Waals surface area contributed by atoms with Gasteiger partial charge >= 0.3 is 17.9 Å². The third-order valence-electron chi connectivity index (χ3n) is 6.61. The number of carbonyl (C=O) groups excluding carboxylic acids is 3. The quantitative estimate of drug-likeness (QED) is 0.0876. The Kier molecular flexibility index (Phi) is 11.7. The molecule has 0 saturated heterocycles. The van der Waals surface area contributed by atoms with Gasteiger partial charge in [0.2, 0.25) is 0 Å². The van der Waals surface area contributed by atoms with E-state index in [2.05, 4.69) is 0 Å². The molecule has 238 valence electrons. The first-order valence-corrected chi connectivity index (χ1v) is 13.7. The van der Waals surface area contributed by atoms with Gasteiger partial charge in [-0.2, -0.15) is 0 Å². The molecule has 4 atom stereocenters. The molecular weight excluding hydrogens is 580 g/mol. The molecule has 6 N–H and O–H groups in total. The fourth-order valence-corrected chi connectivity index (χ4v) is 4.35. The first kappa shape index (κ1) is 33.9. The minimum atomic E-state index is -2.20. The van der Waals surface area contributed by atoms with E-state index >= 15 is 0 Å². The second kappa shape index (κ2) is 15.2. The van der Waals surface area contributed by atoms with Crippen molar-refractivity contribution in [1.29, 1.82) is 0 Å². The summed E-state index contributed by atoms with van der Waals surface area (Å²) in [5.74, 6) is -4.19. The number of hydrogen-bond donors (Lipinski definition) is 6. The number of esters is 3. The molecule has 2 aromatic carbocycles. The number of aromatic hydroxyl groups is 4. The number of rotatable bonds is 12. The van der Waals surface area contributed by atoms with Crippen molar-refractivity contribution >= 4 is 30.1 Å². The van der Waals surface area contributed by atoms with Gasteiger partial charge in [0.1, 0.15) is 18.3 Å². The number of aliphatic hydroxyl groups excluding tert-OH is 1. The average Bonchev–Trinajstić information content (AvgIpc) is 2.96. The maximum Gasteiger partial charge on any atom is 0.338 e. The summed E-state index contributed by atoms with van der Waals surface area (Å²) in [4.78, 5) is 38.3. The Balaban J connectivity index is 1.72. The number of benzene rings is 2. The smallest absolute Gasteiger partial charge is 0.338 e. The molecule has 0 aliphatic heterocycles. The molecule has 0 spiro atoms. The first-order chi connectivity index (χ1) is 20.8. The number of phenolic OH excluding ortho intramolecular Hbond substituents is 4. The highest BCUT2D eigenvalue weighted by atomic mass is 16.6. The molecule has 1 saturated carbocycles. The van der Waals surface area contributed by atoms with Gasteiger partial charge in [0.05, 0.1) is 19.3 Å². The van der Waals surface area contributed by atoms with E-state index in [0.717, 1.165) is 12.2 Å². The SMILES string of the molecule is CC(CO)OCC(C)OC(=O)C1(O)C[C@@H](OC(=O)/C=C/c2ccc(O)c(O)c2)C[C@H](OC(=O)/C=C/c2ccc(O)c(O)c2)C1. The van der Waals surface area contributed by atoms with Crippen LogP contribution in [0.4, 0.5) is 0 Å². The van der Waals surface area contributed by atoms with E-state index < -0.39 is 47.9 Å². The van der Waals surface area contributed by atoms with Gasteiger partial charge in [0.25, 0.3) is 0 Å². The Labute approximate surface area is 253 Å². The fourth-order valence-electron chi connectivity index (χ4n) is 4.35. The number of hydrogen-bond acceptors (Lipinski definition) is 13. The minimum absolute atomic E-state index is 0.0541. The third kappa shape index (κ3) is 10.0. The summed E-state index contributed by atoms with van der Waals surface area (Å²) in [5.41, 5.74) is -1.44. The Morgan fingerprint density at radius 1 is 0.818 bits per heavy atom. The Morgan fingerprint density at radius 2 is 1.30 bits per heavy atom. The van der Waals surface area contributed by atoms with Crippen LogP contribution < -0.4 is 0 Å². The van der Waals surface area contributed by atoms with E-state index in [9.17, 15) is 39.9 Å². The lowest BCUT2D eigenvalue weighted by Crippen LogP contribution is -2.52. The van der Waals surface area contributed by atoms with Crippen LogP contribution >= 0.6 is 0 Å². The average molecular weight is 617 g/mol. The monoisotopic (exact) mass is 616 g/mol. The molecule has 1 fully saturated rings. The maximum atomic E-state index is 13.1. The summed E-state index contributed by atoms with van der Waals surface area (Å²) in [6, 6.07) is 7.82. The van der Waals surface area contributed by atoms with Crippen molar-refractivity contribution in [2.45, 2.75) is 63.1 Å². The number of aliphatic hydroxyl groups is 2. The predicted molar refractivity (Wildman–Crippen MR) is 154 cm³/mol. The second-order valence-electron chi connectivity index (χ2n) is 10.5. The first-order valence-electron chi connectivity index (χ1n) is 13.7. The van der Waals surface area contributed by atoms with Crippen molar-refractivity contribution < 1.29 is 64.0 Å².